The average Bonchev–Trinajstić information content (AvgIpc) is 2.90. The van der Waals surface area contributed by atoms with E-state index >= 15 is 0 Å². The third-order valence-corrected chi connectivity index (χ3v) is 5.95. The quantitative estimate of drug-likeness (QED) is 0.741. The number of allylic oxidation sites excluding steroid dienone is 2. The number of carbonyl (C=O) groups excluding carboxylic acids is 2. The summed E-state index contributed by atoms with van der Waals surface area (Å²) in [6.45, 7) is 0. The number of nitrogen functional groups attached to an aromatic ring is 1. The van der Waals surface area contributed by atoms with Gasteiger partial charge in [-0.25, -0.2) is 4.39 Å². The minimum Gasteiger partial charge on any atom is -0.469 e. The Balaban J connectivity index is 1.55. The first-order valence-corrected chi connectivity index (χ1v) is 9.49. The van der Waals surface area contributed by atoms with Crippen LogP contribution in [0.5, 0.6) is 0 Å². The smallest absolute Gasteiger partial charge is 0.308 e. The molecule has 0 unspecified atom stereocenters. The number of carbonyl (C=O) groups is 2. The summed E-state index contributed by atoms with van der Waals surface area (Å²) in [6, 6.07) is 3.93. The van der Waals surface area contributed by atoms with E-state index in [9.17, 15) is 14.0 Å². The van der Waals surface area contributed by atoms with Gasteiger partial charge in [-0.15, -0.1) is 0 Å². The number of nitrogens with two attached hydrogens (primary N) is 1. The van der Waals surface area contributed by atoms with Crippen molar-refractivity contribution >= 4 is 40.6 Å². The van der Waals surface area contributed by atoms with Gasteiger partial charge in [0, 0.05) is 12.7 Å². The molecule has 1 aromatic heterocycles. The highest BCUT2D eigenvalue weighted by molar-refractivity contribution is 6.31. The highest BCUT2D eigenvalue weighted by Gasteiger charge is 2.52. The molecule has 2 aromatic rings. The molecule has 1 fully saturated rings. The van der Waals surface area contributed by atoms with Crippen molar-refractivity contribution in [2.24, 2.45) is 18.4 Å². The first-order valence-electron chi connectivity index (χ1n) is 9.12. The average molecular weight is 419 g/mol. The molecular weight excluding hydrogens is 399 g/mol. The van der Waals surface area contributed by atoms with Crippen LogP contribution in [0.3, 0.4) is 0 Å². The summed E-state index contributed by atoms with van der Waals surface area (Å²) in [5, 5.41) is 7.01. The lowest BCUT2D eigenvalue weighted by Gasteiger charge is -2.50. The van der Waals surface area contributed by atoms with Crippen LogP contribution in [-0.4, -0.2) is 28.8 Å². The van der Waals surface area contributed by atoms with Crippen molar-refractivity contribution in [3.8, 4) is 0 Å². The van der Waals surface area contributed by atoms with Crippen LogP contribution in [0.15, 0.2) is 24.3 Å². The van der Waals surface area contributed by atoms with E-state index in [-0.39, 0.29) is 33.7 Å². The Bertz CT molecular complexity index is 1060. The fraction of sp³-hybridized carbons (Fsp3) is 0.350. The number of esters is 1. The van der Waals surface area contributed by atoms with Crippen molar-refractivity contribution in [3.05, 3.63) is 46.4 Å². The van der Waals surface area contributed by atoms with Gasteiger partial charge in [-0.2, -0.15) is 5.10 Å². The van der Waals surface area contributed by atoms with Gasteiger partial charge in [0.15, 0.2) is 0 Å². The zero-order valence-electron chi connectivity index (χ0n) is 16.0. The maximum atomic E-state index is 13.3. The van der Waals surface area contributed by atoms with Crippen LogP contribution in [0.2, 0.25) is 5.02 Å². The fourth-order valence-electron chi connectivity index (χ4n) is 4.14. The van der Waals surface area contributed by atoms with Gasteiger partial charge in [0.05, 0.1) is 18.1 Å². The summed E-state index contributed by atoms with van der Waals surface area (Å²) in [7, 11) is 3.06. The molecule has 0 aliphatic heterocycles. The van der Waals surface area contributed by atoms with Crippen LogP contribution in [0.1, 0.15) is 35.3 Å². The van der Waals surface area contributed by atoms with Gasteiger partial charge in [0.25, 0.3) is 5.91 Å². The van der Waals surface area contributed by atoms with Gasteiger partial charge < -0.3 is 15.8 Å². The predicted octanol–water partition coefficient (Wildman–Crippen LogP) is 3.40. The van der Waals surface area contributed by atoms with Crippen LogP contribution in [0.25, 0.3) is 5.57 Å². The number of aryl methyl sites for hydroxylation is 1. The molecule has 0 saturated heterocycles. The monoisotopic (exact) mass is 418 g/mol. The van der Waals surface area contributed by atoms with Gasteiger partial charge in [-0.05, 0) is 48.4 Å². The van der Waals surface area contributed by atoms with Gasteiger partial charge >= 0.3 is 5.97 Å². The largest absolute Gasteiger partial charge is 0.469 e. The second-order valence-corrected chi connectivity index (χ2v) is 8.06. The Labute approximate surface area is 171 Å². The molecule has 1 heterocycles. The van der Waals surface area contributed by atoms with Crippen molar-refractivity contribution in [3.63, 3.8) is 0 Å². The number of hydrogen-bond donors (Lipinski definition) is 2. The Kier molecular flexibility index (Phi) is 4.61. The molecule has 29 heavy (non-hydrogen) atoms. The number of halogens is 2. The van der Waals surface area contributed by atoms with E-state index in [1.165, 1.54) is 30.0 Å². The molecule has 1 spiro atoms. The summed E-state index contributed by atoms with van der Waals surface area (Å²) in [6.07, 6.45) is 4.27. The van der Waals surface area contributed by atoms with Crippen LogP contribution >= 0.6 is 11.6 Å². The number of nitrogens with zero attached hydrogens (tertiary/aromatic N) is 2. The number of ether oxygens (including phenoxy) is 1. The number of anilines is 2. The van der Waals surface area contributed by atoms with E-state index in [0.717, 1.165) is 24.8 Å². The van der Waals surface area contributed by atoms with Crippen molar-refractivity contribution < 1.29 is 18.7 Å². The lowest BCUT2D eigenvalue weighted by molar-refractivity contribution is -0.152. The molecule has 152 valence electrons. The molecule has 7 nitrogen and oxygen atoms in total. The van der Waals surface area contributed by atoms with Gasteiger partial charge in [-0.3, -0.25) is 14.3 Å². The summed E-state index contributed by atoms with van der Waals surface area (Å²) in [5.74, 6) is -1.04. The lowest BCUT2D eigenvalue weighted by Crippen LogP contribution is -2.44. The molecule has 1 aromatic carbocycles. The van der Waals surface area contributed by atoms with E-state index in [1.54, 1.807) is 7.05 Å². The van der Waals surface area contributed by atoms with Crippen LogP contribution in [0.4, 0.5) is 15.9 Å². The number of methoxy groups -OCH3 is 1. The van der Waals surface area contributed by atoms with Crippen LogP contribution in [-0.2, 0) is 16.6 Å². The van der Waals surface area contributed by atoms with Gasteiger partial charge in [0.1, 0.15) is 22.9 Å². The Morgan fingerprint density at radius 2 is 2.10 bits per heavy atom. The number of amides is 1. The topological polar surface area (TPSA) is 99.2 Å². The van der Waals surface area contributed by atoms with E-state index in [4.69, 9.17) is 22.1 Å². The zero-order valence-corrected chi connectivity index (χ0v) is 16.7. The normalized spacial score (nSPS) is 22.5. The lowest BCUT2D eigenvalue weighted by atomic mass is 9.53. The maximum Gasteiger partial charge on any atom is 0.308 e. The number of hydrogen-bond acceptors (Lipinski definition) is 5. The number of nitrogens with one attached hydrogen (secondary N) is 1. The van der Waals surface area contributed by atoms with E-state index in [0.29, 0.717) is 11.4 Å². The highest BCUT2D eigenvalue weighted by Crippen LogP contribution is 2.59. The molecule has 9 heteroatoms. The first-order chi connectivity index (χ1) is 13.7. The summed E-state index contributed by atoms with van der Waals surface area (Å²) < 4.78 is 19.6. The predicted molar refractivity (Wildman–Crippen MR) is 107 cm³/mol. The van der Waals surface area contributed by atoms with Crippen LogP contribution in [0, 0.1) is 17.2 Å². The molecule has 2 aliphatic rings. The van der Waals surface area contributed by atoms with E-state index in [2.05, 4.69) is 16.5 Å². The highest BCUT2D eigenvalue weighted by atomic mass is 35.5. The second kappa shape index (κ2) is 6.88. The minimum atomic E-state index is -0.568. The fourth-order valence-corrected chi connectivity index (χ4v) is 4.32. The van der Waals surface area contributed by atoms with Gasteiger partial charge in [-0.1, -0.05) is 17.7 Å². The summed E-state index contributed by atoms with van der Waals surface area (Å²) in [4.78, 5) is 24.5. The van der Waals surface area contributed by atoms with Crippen molar-refractivity contribution in [2.75, 3.05) is 18.2 Å². The van der Waals surface area contributed by atoms with Crippen molar-refractivity contribution in [2.45, 2.75) is 19.3 Å². The zero-order chi connectivity index (χ0) is 20.9. The van der Waals surface area contributed by atoms with Gasteiger partial charge in [0.2, 0.25) is 0 Å². The third kappa shape index (κ3) is 3.27. The molecule has 0 atom stereocenters. The SMILES string of the molecule is COC(=O)C1CC2(C=C(c3nn(C)c(N)c3C(=O)Nc3ccc(F)c(Cl)c3)C2)C1. The Morgan fingerprint density at radius 3 is 2.72 bits per heavy atom. The van der Waals surface area contributed by atoms with Crippen molar-refractivity contribution in [1.29, 1.82) is 0 Å². The minimum absolute atomic E-state index is 0.0291. The van der Waals surface area contributed by atoms with Crippen molar-refractivity contribution in [1.82, 2.24) is 9.78 Å². The van der Waals surface area contributed by atoms with Crippen LogP contribution < -0.4 is 11.1 Å². The third-order valence-electron chi connectivity index (χ3n) is 5.66. The Hall–Kier alpha value is -2.87. The summed E-state index contributed by atoms with van der Waals surface area (Å²) in [5.41, 5.74) is 8.11. The molecular formula is C20H20ClFN4O3. The first kappa shape index (κ1) is 19.4. The van der Waals surface area contributed by atoms with E-state index < -0.39 is 11.7 Å². The maximum absolute atomic E-state index is 13.3. The molecule has 2 aliphatic carbocycles. The summed E-state index contributed by atoms with van der Waals surface area (Å²) >= 11 is 5.78. The number of aromatic nitrogens is 2. The Morgan fingerprint density at radius 1 is 1.41 bits per heavy atom. The van der Waals surface area contributed by atoms with E-state index in [1.807, 2.05) is 0 Å². The standard InChI is InChI=1S/C20H20ClFN4O3/c1-26-17(23)15(18(27)24-12-3-4-14(22)13(21)5-12)16(25-26)10-6-20(7-10)8-11(9-20)19(28)29-2/h3-6,11H,7-9,23H2,1-2H3,(H,24,27). The molecule has 0 bridgehead atoms. The number of benzene rings is 1. The molecule has 3 N–H and O–H groups in total. The second-order valence-electron chi connectivity index (χ2n) is 7.65. The molecule has 1 saturated carbocycles. The molecule has 1 amide bonds. The molecule has 0 radical (unpaired) electrons. The number of rotatable bonds is 4. The molecule has 4 rings (SSSR count).